The molecule has 128 valence electrons. The lowest BCUT2D eigenvalue weighted by molar-refractivity contribution is 0.0927. The molecule has 1 amide bonds. The highest BCUT2D eigenvalue weighted by Crippen LogP contribution is 2.21. The highest BCUT2D eigenvalue weighted by molar-refractivity contribution is 5.94. The van der Waals surface area contributed by atoms with Gasteiger partial charge in [0.15, 0.2) is 6.17 Å². The van der Waals surface area contributed by atoms with Crippen LogP contribution in [0, 0.1) is 5.82 Å². The SMILES string of the molecule is O=C(NC(c1ccc(F)cc1)n1nnc2ccccc21)c1ccccc1. The van der Waals surface area contributed by atoms with Crippen LogP contribution in [0.3, 0.4) is 0 Å². The van der Waals surface area contributed by atoms with Crippen molar-refractivity contribution in [3.8, 4) is 0 Å². The van der Waals surface area contributed by atoms with Gasteiger partial charge in [0.1, 0.15) is 11.3 Å². The molecule has 0 saturated carbocycles. The maximum absolute atomic E-state index is 13.4. The average Bonchev–Trinajstić information content (AvgIpc) is 3.11. The Balaban J connectivity index is 1.77. The monoisotopic (exact) mass is 346 g/mol. The lowest BCUT2D eigenvalue weighted by atomic mass is 10.1. The summed E-state index contributed by atoms with van der Waals surface area (Å²) in [6.45, 7) is 0. The van der Waals surface area contributed by atoms with Crippen molar-refractivity contribution in [1.82, 2.24) is 20.3 Å². The van der Waals surface area contributed by atoms with E-state index < -0.39 is 6.17 Å². The van der Waals surface area contributed by atoms with Crippen LogP contribution in [0.4, 0.5) is 4.39 Å². The summed E-state index contributed by atoms with van der Waals surface area (Å²) >= 11 is 0. The second-order valence-corrected chi connectivity index (χ2v) is 5.82. The molecule has 1 N–H and O–H groups in total. The summed E-state index contributed by atoms with van der Waals surface area (Å²) in [5, 5.41) is 11.3. The minimum absolute atomic E-state index is 0.250. The third kappa shape index (κ3) is 3.04. The van der Waals surface area contributed by atoms with E-state index in [4.69, 9.17) is 0 Å². The number of benzene rings is 3. The molecule has 0 spiro atoms. The molecular formula is C20H15FN4O. The van der Waals surface area contributed by atoms with Gasteiger partial charge >= 0.3 is 0 Å². The molecule has 4 aromatic rings. The van der Waals surface area contributed by atoms with Crippen molar-refractivity contribution in [1.29, 1.82) is 0 Å². The summed E-state index contributed by atoms with van der Waals surface area (Å²) in [5.41, 5.74) is 2.72. The van der Waals surface area contributed by atoms with Gasteiger partial charge < -0.3 is 5.32 Å². The Hall–Kier alpha value is -3.54. The standard InChI is InChI=1S/C20H15FN4O/c21-16-12-10-14(11-13-16)19(22-20(26)15-6-2-1-3-7-15)25-18-9-5-4-8-17(18)23-24-25/h1-13,19H,(H,22,26). The molecule has 0 aliphatic heterocycles. The van der Waals surface area contributed by atoms with Gasteiger partial charge in [-0.15, -0.1) is 5.10 Å². The first-order valence-corrected chi connectivity index (χ1v) is 8.14. The fourth-order valence-electron chi connectivity index (χ4n) is 2.81. The van der Waals surface area contributed by atoms with Gasteiger partial charge in [-0.25, -0.2) is 9.07 Å². The van der Waals surface area contributed by atoms with E-state index in [1.165, 1.54) is 12.1 Å². The number of carbonyl (C=O) groups is 1. The molecule has 3 aromatic carbocycles. The highest BCUT2D eigenvalue weighted by Gasteiger charge is 2.21. The zero-order valence-electron chi connectivity index (χ0n) is 13.7. The predicted octanol–water partition coefficient (Wildman–Crippen LogP) is 3.55. The van der Waals surface area contributed by atoms with Crippen molar-refractivity contribution in [3.05, 3.63) is 95.8 Å². The van der Waals surface area contributed by atoms with Crippen LogP contribution >= 0.6 is 0 Å². The molecule has 26 heavy (non-hydrogen) atoms. The van der Waals surface area contributed by atoms with E-state index in [0.29, 0.717) is 16.6 Å². The smallest absolute Gasteiger partial charge is 0.253 e. The number of halogens is 1. The Labute approximate surface area is 149 Å². The zero-order chi connectivity index (χ0) is 17.9. The summed E-state index contributed by atoms with van der Waals surface area (Å²) in [7, 11) is 0. The van der Waals surface area contributed by atoms with Crippen LogP contribution in [0.25, 0.3) is 11.0 Å². The maximum Gasteiger partial charge on any atom is 0.253 e. The number of hydrogen-bond donors (Lipinski definition) is 1. The Kier molecular flexibility index (Phi) is 4.15. The number of amides is 1. The Bertz CT molecular complexity index is 1040. The molecule has 0 bridgehead atoms. The number of carbonyl (C=O) groups excluding carboxylic acids is 1. The number of hydrogen-bond acceptors (Lipinski definition) is 3. The molecule has 5 nitrogen and oxygen atoms in total. The quantitative estimate of drug-likeness (QED) is 0.615. The molecule has 0 aliphatic rings. The molecule has 1 atom stereocenters. The van der Waals surface area contributed by atoms with Crippen LogP contribution in [0.2, 0.25) is 0 Å². The normalized spacial score (nSPS) is 12.0. The van der Waals surface area contributed by atoms with Crippen LogP contribution in [-0.2, 0) is 0 Å². The summed E-state index contributed by atoms with van der Waals surface area (Å²) in [5.74, 6) is -0.593. The Morgan fingerprint density at radius 2 is 1.62 bits per heavy atom. The Morgan fingerprint density at radius 3 is 2.38 bits per heavy atom. The number of aromatic nitrogens is 3. The zero-order valence-corrected chi connectivity index (χ0v) is 13.7. The van der Waals surface area contributed by atoms with Crippen molar-refractivity contribution in [2.45, 2.75) is 6.17 Å². The molecule has 0 radical (unpaired) electrons. The van der Waals surface area contributed by atoms with Gasteiger partial charge in [-0.3, -0.25) is 4.79 Å². The minimum atomic E-state index is -0.615. The third-order valence-electron chi connectivity index (χ3n) is 4.11. The molecule has 1 heterocycles. The van der Waals surface area contributed by atoms with E-state index in [1.54, 1.807) is 41.1 Å². The van der Waals surface area contributed by atoms with Crippen molar-refractivity contribution in [3.63, 3.8) is 0 Å². The molecule has 4 rings (SSSR count). The van der Waals surface area contributed by atoms with Crippen LogP contribution in [0.1, 0.15) is 22.1 Å². The number of rotatable bonds is 4. The summed E-state index contributed by atoms with van der Waals surface area (Å²) < 4.78 is 15.0. The summed E-state index contributed by atoms with van der Waals surface area (Å²) in [4.78, 5) is 12.7. The van der Waals surface area contributed by atoms with Crippen LogP contribution in [-0.4, -0.2) is 20.9 Å². The minimum Gasteiger partial charge on any atom is -0.326 e. The van der Waals surface area contributed by atoms with E-state index in [1.807, 2.05) is 30.3 Å². The van der Waals surface area contributed by atoms with Gasteiger partial charge in [0.05, 0.1) is 5.52 Å². The lowest BCUT2D eigenvalue weighted by Crippen LogP contribution is -2.33. The van der Waals surface area contributed by atoms with Gasteiger partial charge in [-0.1, -0.05) is 47.7 Å². The summed E-state index contributed by atoms with van der Waals surface area (Å²) in [6, 6.07) is 22.3. The fourth-order valence-corrected chi connectivity index (χ4v) is 2.81. The number of fused-ring (bicyclic) bond motifs is 1. The van der Waals surface area contributed by atoms with Crippen LogP contribution in [0.15, 0.2) is 78.9 Å². The van der Waals surface area contributed by atoms with E-state index in [0.717, 1.165) is 5.52 Å². The topological polar surface area (TPSA) is 59.8 Å². The first-order valence-electron chi connectivity index (χ1n) is 8.14. The first kappa shape index (κ1) is 16.0. The molecule has 0 saturated heterocycles. The summed E-state index contributed by atoms with van der Waals surface area (Å²) in [6.07, 6.45) is -0.615. The van der Waals surface area contributed by atoms with Gasteiger partial charge in [0.25, 0.3) is 5.91 Å². The molecular weight excluding hydrogens is 331 g/mol. The van der Waals surface area contributed by atoms with Crippen molar-refractivity contribution >= 4 is 16.9 Å². The van der Waals surface area contributed by atoms with Crippen LogP contribution < -0.4 is 5.32 Å². The predicted molar refractivity (Wildman–Crippen MR) is 96.0 cm³/mol. The van der Waals surface area contributed by atoms with Gasteiger partial charge in [-0.05, 0) is 42.0 Å². The lowest BCUT2D eigenvalue weighted by Gasteiger charge is -2.20. The van der Waals surface area contributed by atoms with Crippen molar-refractivity contribution in [2.75, 3.05) is 0 Å². The van der Waals surface area contributed by atoms with E-state index >= 15 is 0 Å². The first-order chi connectivity index (χ1) is 12.7. The van der Waals surface area contributed by atoms with Crippen LogP contribution in [0.5, 0.6) is 0 Å². The highest BCUT2D eigenvalue weighted by atomic mass is 19.1. The van der Waals surface area contributed by atoms with Gasteiger partial charge in [0.2, 0.25) is 0 Å². The van der Waals surface area contributed by atoms with E-state index in [-0.39, 0.29) is 11.7 Å². The molecule has 6 heteroatoms. The molecule has 0 aliphatic carbocycles. The number of nitrogens with zero attached hydrogens (tertiary/aromatic N) is 3. The van der Waals surface area contributed by atoms with Gasteiger partial charge in [0, 0.05) is 5.56 Å². The molecule has 1 aromatic heterocycles. The molecule has 1 unspecified atom stereocenters. The third-order valence-corrected chi connectivity index (χ3v) is 4.11. The molecule has 0 fully saturated rings. The largest absolute Gasteiger partial charge is 0.326 e. The maximum atomic E-state index is 13.4. The van der Waals surface area contributed by atoms with E-state index in [9.17, 15) is 9.18 Å². The fraction of sp³-hybridized carbons (Fsp3) is 0.0500. The number of para-hydroxylation sites is 1. The second-order valence-electron chi connectivity index (χ2n) is 5.82. The Morgan fingerprint density at radius 1 is 0.923 bits per heavy atom. The average molecular weight is 346 g/mol. The van der Waals surface area contributed by atoms with Gasteiger partial charge in [-0.2, -0.15) is 0 Å². The van der Waals surface area contributed by atoms with Crippen molar-refractivity contribution in [2.24, 2.45) is 0 Å². The van der Waals surface area contributed by atoms with E-state index in [2.05, 4.69) is 15.6 Å². The second kappa shape index (κ2) is 6.76. The van der Waals surface area contributed by atoms with Crippen molar-refractivity contribution < 1.29 is 9.18 Å². The number of nitrogens with one attached hydrogen (secondary N) is 1.